The summed E-state index contributed by atoms with van der Waals surface area (Å²) in [5, 5.41) is 0. The van der Waals surface area contributed by atoms with E-state index in [2.05, 4.69) is 16.5 Å². The van der Waals surface area contributed by atoms with Gasteiger partial charge in [0.2, 0.25) is 12.7 Å². The molecule has 0 aliphatic carbocycles. The summed E-state index contributed by atoms with van der Waals surface area (Å²) in [5.74, 6) is 2.09. The van der Waals surface area contributed by atoms with E-state index in [4.69, 9.17) is 9.47 Å². The number of imidazole rings is 1. The molecule has 1 amide bonds. The third kappa shape index (κ3) is 3.06. The molecular weight excluding hydrogens is 294 g/mol. The number of amides is 1. The van der Waals surface area contributed by atoms with Crippen molar-refractivity contribution in [2.24, 2.45) is 0 Å². The van der Waals surface area contributed by atoms with Gasteiger partial charge in [-0.15, -0.1) is 0 Å². The number of ether oxygens (including phenoxy) is 2. The lowest BCUT2D eigenvalue weighted by atomic mass is 10.1. The van der Waals surface area contributed by atoms with Crippen LogP contribution in [0.4, 0.5) is 0 Å². The summed E-state index contributed by atoms with van der Waals surface area (Å²) in [5.41, 5.74) is 1.83. The summed E-state index contributed by atoms with van der Waals surface area (Å²) in [6.07, 6.45) is 3.07. The van der Waals surface area contributed by atoms with Gasteiger partial charge in [0.25, 0.3) is 0 Å². The van der Waals surface area contributed by atoms with Crippen LogP contribution in [0, 0.1) is 0 Å². The third-order valence-electron chi connectivity index (χ3n) is 3.71. The average Bonchev–Trinajstić information content (AvgIpc) is 3.19. The van der Waals surface area contributed by atoms with E-state index >= 15 is 0 Å². The van der Waals surface area contributed by atoms with Crippen molar-refractivity contribution in [1.82, 2.24) is 14.9 Å². The lowest BCUT2D eigenvalue weighted by Crippen LogP contribution is -2.35. The van der Waals surface area contributed by atoms with Crippen LogP contribution in [-0.4, -0.2) is 33.6 Å². The van der Waals surface area contributed by atoms with Crippen LogP contribution in [0.25, 0.3) is 11.3 Å². The summed E-state index contributed by atoms with van der Waals surface area (Å²) >= 11 is 0. The number of aromatic nitrogens is 2. The number of nitrogens with one attached hydrogen (secondary N) is 1. The van der Waals surface area contributed by atoms with E-state index in [-0.39, 0.29) is 18.7 Å². The highest BCUT2D eigenvalue weighted by Gasteiger charge is 2.18. The van der Waals surface area contributed by atoms with Crippen molar-refractivity contribution in [3.8, 4) is 22.8 Å². The van der Waals surface area contributed by atoms with Gasteiger partial charge in [0, 0.05) is 11.6 Å². The average molecular weight is 313 g/mol. The standard InChI is InChI=1S/C17H19N3O3/c1-4-17(21)20(11(2)3)9-16-18-8-13(19-16)12-5-6-14-15(7-12)23-10-22-14/h4-8,11H,1,9-10H2,2-3H3,(H,18,19). The molecule has 2 heterocycles. The molecule has 0 unspecified atom stereocenters. The Morgan fingerprint density at radius 3 is 2.96 bits per heavy atom. The first-order valence-corrected chi connectivity index (χ1v) is 7.45. The predicted molar refractivity (Wildman–Crippen MR) is 86.0 cm³/mol. The van der Waals surface area contributed by atoms with Gasteiger partial charge in [-0.05, 0) is 38.1 Å². The second kappa shape index (κ2) is 6.16. The first-order chi connectivity index (χ1) is 11.1. The first kappa shape index (κ1) is 15.1. The Kier molecular flexibility index (Phi) is 4.06. The molecule has 23 heavy (non-hydrogen) atoms. The number of rotatable bonds is 5. The van der Waals surface area contributed by atoms with Crippen LogP contribution in [0.1, 0.15) is 19.7 Å². The van der Waals surface area contributed by atoms with Gasteiger partial charge in [-0.25, -0.2) is 4.98 Å². The molecule has 1 aliphatic heterocycles. The van der Waals surface area contributed by atoms with E-state index in [1.165, 1.54) is 6.08 Å². The van der Waals surface area contributed by atoms with Crippen LogP contribution in [0.15, 0.2) is 37.1 Å². The molecular formula is C17H19N3O3. The van der Waals surface area contributed by atoms with Crippen LogP contribution in [0.3, 0.4) is 0 Å². The number of hydrogen-bond acceptors (Lipinski definition) is 4. The zero-order valence-corrected chi connectivity index (χ0v) is 13.2. The van der Waals surface area contributed by atoms with E-state index in [0.717, 1.165) is 28.6 Å². The molecule has 0 bridgehead atoms. The molecule has 6 nitrogen and oxygen atoms in total. The zero-order chi connectivity index (χ0) is 16.4. The summed E-state index contributed by atoms with van der Waals surface area (Å²) < 4.78 is 10.7. The Morgan fingerprint density at radius 2 is 2.22 bits per heavy atom. The number of H-pyrrole nitrogens is 1. The SMILES string of the molecule is C=CC(=O)N(Cc1ncc(-c2ccc3c(c2)OCO3)[nH]1)C(C)C. The molecule has 0 atom stereocenters. The van der Waals surface area contributed by atoms with Gasteiger partial charge < -0.3 is 19.4 Å². The number of nitrogens with zero attached hydrogens (tertiary/aromatic N) is 2. The highest BCUT2D eigenvalue weighted by Crippen LogP contribution is 2.35. The summed E-state index contributed by atoms with van der Waals surface area (Å²) in [4.78, 5) is 21.2. The molecule has 0 radical (unpaired) electrons. The van der Waals surface area contributed by atoms with Crippen molar-refractivity contribution in [3.63, 3.8) is 0 Å². The molecule has 0 saturated carbocycles. The van der Waals surface area contributed by atoms with Crippen molar-refractivity contribution in [2.75, 3.05) is 6.79 Å². The van der Waals surface area contributed by atoms with E-state index in [9.17, 15) is 4.79 Å². The van der Waals surface area contributed by atoms with Gasteiger partial charge in [0.15, 0.2) is 11.5 Å². The Labute approximate surface area is 134 Å². The lowest BCUT2D eigenvalue weighted by Gasteiger charge is -2.24. The van der Waals surface area contributed by atoms with E-state index in [1.54, 1.807) is 11.1 Å². The third-order valence-corrected chi connectivity index (χ3v) is 3.71. The molecule has 1 aliphatic rings. The van der Waals surface area contributed by atoms with Crippen molar-refractivity contribution >= 4 is 5.91 Å². The Bertz CT molecular complexity index is 736. The number of fused-ring (bicyclic) bond motifs is 1. The zero-order valence-electron chi connectivity index (χ0n) is 13.2. The minimum absolute atomic E-state index is 0.0691. The fraction of sp³-hybridized carbons (Fsp3) is 0.294. The molecule has 2 aromatic rings. The fourth-order valence-electron chi connectivity index (χ4n) is 2.45. The molecule has 0 saturated heterocycles. The second-order valence-corrected chi connectivity index (χ2v) is 5.58. The molecule has 1 N–H and O–H groups in total. The molecule has 3 rings (SSSR count). The van der Waals surface area contributed by atoms with Gasteiger partial charge in [-0.1, -0.05) is 6.58 Å². The highest BCUT2D eigenvalue weighted by molar-refractivity contribution is 5.87. The van der Waals surface area contributed by atoms with Gasteiger partial charge >= 0.3 is 0 Å². The lowest BCUT2D eigenvalue weighted by molar-refractivity contribution is -0.128. The Morgan fingerprint density at radius 1 is 1.43 bits per heavy atom. The van der Waals surface area contributed by atoms with Gasteiger partial charge in [0.05, 0.1) is 18.4 Å². The van der Waals surface area contributed by atoms with Gasteiger partial charge in [-0.2, -0.15) is 0 Å². The Balaban J connectivity index is 1.80. The quantitative estimate of drug-likeness (QED) is 0.862. The van der Waals surface area contributed by atoms with E-state index in [1.807, 2.05) is 32.0 Å². The molecule has 0 fully saturated rings. The summed E-state index contributed by atoms with van der Waals surface area (Å²) in [6, 6.07) is 5.80. The summed E-state index contributed by atoms with van der Waals surface area (Å²) in [7, 11) is 0. The Hall–Kier alpha value is -2.76. The van der Waals surface area contributed by atoms with Crippen LogP contribution in [-0.2, 0) is 11.3 Å². The minimum Gasteiger partial charge on any atom is -0.454 e. The monoisotopic (exact) mass is 313 g/mol. The number of aromatic amines is 1. The van der Waals surface area contributed by atoms with Crippen molar-refractivity contribution in [1.29, 1.82) is 0 Å². The highest BCUT2D eigenvalue weighted by atomic mass is 16.7. The number of carbonyl (C=O) groups is 1. The van der Waals surface area contributed by atoms with Gasteiger partial charge in [0.1, 0.15) is 5.82 Å². The van der Waals surface area contributed by atoms with Crippen molar-refractivity contribution in [2.45, 2.75) is 26.4 Å². The topological polar surface area (TPSA) is 67.5 Å². The number of hydrogen-bond donors (Lipinski definition) is 1. The van der Waals surface area contributed by atoms with E-state index < -0.39 is 0 Å². The summed E-state index contributed by atoms with van der Waals surface area (Å²) in [6.45, 7) is 8.13. The van der Waals surface area contributed by atoms with Crippen molar-refractivity contribution in [3.05, 3.63) is 42.9 Å². The maximum absolute atomic E-state index is 11.9. The van der Waals surface area contributed by atoms with E-state index in [0.29, 0.717) is 6.54 Å². The van der Waals surface area contributed by atoms with Gasteiger partial charge in [-0.3, -0.25) is 4.79 Å². The molecule has 6 heteroatoms. The number of benzene rings is 1. The molecule has 120 valence electrons. The minimum atomic E-state index is -0.110. The van der Waals surface area contributed by atoms with Crippen LogP contribution < -0.4 is 9.47 Å². The van der Waals surface area contributed by atoms with Crippen molar-refractivity contribution < 1.29 is 14.3 Å². The molecule has 1 aromatic carbocycles. The maximum Gasteiger partial charge on any atom is 0.246 e. The van der Waals surface area contributed by atoms with Crippen LogP contribution >= 0.6 is 0 Å². The smallest absolute Gasteiger partial charge is 0.246 e. The second-order valence-electron chi connectivity index (χ2n) is 5.58. The first-order valence-electron chi connectivity index (χ1n) is 7.45. The maximum atomic E-state index is 11.9. The van der Waals surface area contributed by atoms with Crippen LogP contribution in [0.5, 0.6) is 11.5 Å². The molecule has 0 spiro atoms. The number of carbonyl (C=O) groups excluding carboxylic acids is 1. The fourth-order valence-corrected chi connectivity index (χ4v) is 2.45. The normalized spacial score (nSPS) is 12.5. The van der Waals surface area contributed by atoms with Crippen LogP contribution in [0.2, 0.25) is 0 Å². The largest absolute Gasteiger partial charge is 0.454 e. The predicted octanol–water partition coefficient (Wildman–Crippen LogP) is 2.73. The molecule has 1 aromatic heterocycles.